The van der Waals surface area contributed by atoms with Gasteiger partial charge in [0.2, 0.25) is 10.0 Å². The molecule has 3 aromatic rings. The number of fused-ring (bicyclic) bond motifs is 1. The van der Waals surface area contributed by atoms with E-state index in [0.717, 1.165) is 16.7 Å². The first kappa shape index (κ1) is 18.9. The Balaban J connectivity index is 1.67. The molecule has 0 fully saturated rings. The molecule has 2 amide bonds. The largest absolute Gasteiger partial charge is 0.494 e. The molecule has 1 aromatic heterocycles. The second-order valence-corrected chi connectivity index (χ2v) is 8.39. The van der Waals surface area contributed by atoms with E-state index >= 15 is 0 Å². The number of benzene rings is 2. The van der Waals surface area contributed by atoms with Crippen LogP contribution in [0.15, 0.2) is 42.5 Å². The molecule has 0 bridgehead atoms. The molecule has 3 rings (SSSR count). The molecular formula is C17H18N4O4S2. The van der Waals surface area contributed by atoms with Gasteiger partial charge >= 0.3 is 6.03 Å². The number of hydrogen-bond donors (Lipinski definition) is 3. The number of aromatic nitrogens is 1. The molecule has 3 N–H and O–H groups in total. The van der Waals surface area contributed by atoms with Crippen LogP contribution in [0.2, 0.25) is 0 Å². The van der Waals surface area contributed by atoms with Crippen LogP contribution < -0.4 is 20.1 Å². The highest BCUT2D eigenvalue weighted by Gasteiger charge is 2.10. The van der Waals surface area contributed by atoms with Gasteiger partial charge in [-0.25, -0.2) is 18.2 Å². The number of nitrogens with zero attached hydrogens (tertiary/aromatic N) is 1. The highest BCUT2D eigenvalue weighted by Crippen LogP contribution is 2.29. The van der Waals surface area contributed by atoms with Gasteiger partial charge in [0, 0.05) is 11.4 Å². The third kappa shape index (κ3) is 5.31. The van der Waals surface area contributed by atoms with E-state index in [1.807, 2.05) is 6.92 Å². The topological polar surface area (TPSA) is 109 Å². The van der Waals surface area contributed by atoms with E-state index in [-0.39, 0.29) is 5.13 Å². The summed E-state index contributed by atoms with van der Waals surface area (Å²) in [4.78, 5) is 16.4. The number of rotatable bonds is 6. The molecule has 27 heavy (non-hydrogen) atoms. The number of carbonyl (C=O) groups is 1. The van der Waals surface area contributed by atoms with Crippen LogP contribution in [0.25, 0.3) is 10.2 Å². The van der Waals surface area contributed by atoms with Crippen LogP contribution in [0.4, 0.5) is 21.3 Å². The van der Waals surface area contributed by atoms with Crippen LogP contribution in [0.5, 0.6) is 5.75 Å². The minimum atomic E-state index is -3.39. The number of carbonyl (C=O) groups excluding carboxylic acids is 1. The maximum Gasteiger partial charge on any atom is 0.323 e. The predicted molar refractivity (Wildman–Crippen MR) is 108 cm³/mol. The van der Waals surface area contributed by atoms with Gasteiger partial charge in [0.15, 0.2) is 5.13 Å². The van der Waals surface area contributed by atoms with Crippen molar-refractivity contribution in [3.8, 4) is 5.75 Å². The zero-order chi connectivity index (χ0) is 19.4. The number of urea groups is 1. The Hall–Kier alpha value is -2.85. The first-order chi connectivity index (χ1) is 12.8. The van der Waals surface area contributed by atoms with E-state index in [1.165, 1.54) is 11.3 Å². The van der Waals surface area contributed by atoms with E-state index in [1.54, 1.807) is 42.5 Å². The predicted octanol–water partition coefficient (Wildman–Crippen LogP) is 3.71. The fourth-order valence-corrected chi connectivity index (χ4v) is 4.04. The summed E-state index contributed by atoms with van der Waals surface area (Å²) in [7, 11) is -3.39. The summed E-state index contributed by atoms with van der Waals surface area (Å²) in [5.41, 5.74) is 1.85. The molecule has 0 radical (unpaired) electrons. The van der Waals surface area contributed by atoms with Crippen LogP contribution in [-0.4, -0.2) is 32.3 Å². The van der Waals surface area contributed by atoms with Gasteiger partial charge in [-0.05, 0) is 49.4 Å². The van der Waals surface area contributed by atoms with Crippen molar-refractivity contribution in [2.75, 3.05) is 28.2 Å². The summed E-state index contributed by atoms with van der Waals surface area (Å²) in [5.74, 6) is 0.734. The van der Waals surface area contributed by atoms with Crippen molar-refractivity contribution in [1.29, 1.82) is 0 Å². The minimum absolute atomic E-state index is 0.281. The SMILES string of the molecule is CCOc1ccc(NC(=O)Nc2ccc3nc(NS(C)(=O)=O)sc3c2)cc1. The van der Waals surface area contributed by atoms with E-state index < -0.39 is 16.1 Å². The smallest absolute Gasteiger partial charge is 0.323 e. The van der Waals surface area contributed by atoms with E-state index in [4.69, 9.17) is 4.74 Å². The number of hydrogen-bond acceptors (Lipinski definition) is 6. The molecule has 0 atom stereocenters. The third-order valence-corrected chi connectivity index (χ3v) is 4.97. The highest BCUT2D eigenvalue weighted by atomic mass is 32.2. The number of thiazole rings is 1. The fraction of sp³-hybridized carbons (Fsp3) is 0.176. The molecule has 142 valence electrons. The Morgan fingerprint density at radius 3 is 2.44 bits per heavy atom. The van der Waals surface area contributed by atoms with Crippen molar-refractivity contribution in [3.05, 3.63) is 42.5 Å². The van der Waals surface area contributed by atoms with E-state index in [2.05, 4.69) is 20.3 Å². The second-order valence-electron chi connectivity index (χ2n) is 5.61. The van der Waals surface area contributed by atoms with E-state index in [0.29, 0.717) is 23.5 Å². The van der Waals surface area contributed by atoms with Crippen molar-refractivity contribution in [2.24, 2.45) is 0 Å². The monoisotopic (exact) mass is 406 g/mol. The number of nitrogens with one attached hydrogen (secondary N) is 3. The summed E-state index contributed by atoms with van der Waals surface area (Å²) in [6.07, 6.45) is 1.07. The van der Waals surface area contributed by atoms with Crippen molar-refractivity contribution in [1.82, 2.24) is 4.98 Å². The lowest BCUT2D eigenvalue weighted by atomic mass is 10.3. The normalized spacial score (nSPS) is 11.2. The Kier molecular flexibility index (Phi) is 5.47. The standard InChI is InChI=1S/C17H18N4O4S2/c1-3-25-13-7-4-11(5-8-13)18-16(22)19-12-6-9-14-15(10-12)26-17(20-14)21-27(2,23)24/h4-10H,3H2,1-2H3,(H,20,21)(H2,18,19,22). The van der Waals surface area contributed by atoms with Gasteiger partial charge in [-0.15, -0.1) is 0 Å². The molecule has 0 spiro atoms. The van der Waals surface area contributed by atoms with Crippen molar-refractivity contribution >= 4 is 54.1 Å². The lowest BCUT2D eigenvalue weighted by Gasteiger charge is -2.08. The van der Waals surface area contributed by atoms with Gasteiger partial charge in [-0.3, -0.25) is 4.72 Å². The zero-order valence-electron chi connectivity index (χ0n) is 14.6. The first-order valence-electron chi connectivity index (χ1n) is 8.01. The number of sulfonamides is 1. The van der Waals surface area contributed by atoms with Crippen LogP contribution in [0.3, 0.4) is 0 Å². The number of amides is 2. The van der Waals surface area contributed by atoms with Crippen molar-refractivity contribution in [2.45, 2.75) is 6.92 Å². The molecule has 10 heteroatoms. The Morgan fingerprint density at radius 2 is 1.78 bits per heavy atom. The molecule has 0 saturated heterocycles. The maximum atomic E-state index is 12.2. The van der Waals surface area contributed by atoms with Gasteiger partial charge in [0.05, 0.1) is 23.1 Å². The Bertz CT molecular complexity index is 1060. The molecule has 2 aromatic carbocycles. The molecule has 1 heterocycles. The average Bonchev–Trinajstić information content (AvgIpc) is 2.96. The highest BCUT2D eigenvalue weighted by molar-refractivity contribution is 7.92. The summed E-state index contributed by atoms with van der Waals surface area (Å²) in [6.45, 7) is 2.48. The van der Waals surface area contributed by atoms with E-state index in [9.17, 15) is 13.2 Å². The Labute approximate surface area is 160 Å². The van der Waals surface area contributed by atoms with Crippen molar-refractivity contribution in [3.63, 3.8) is 0 Å². The van der Waals surface area contributed by atoms with Crippen LogP contribution >= 0.6 is 11.3 Å². The van der Waals surface area contributed by atoms with Gasteiger partial charge in [-0.2, -0.15) is 0 Å². The molecule has 0 aliphatic heterocycles. The van der Waals surface area contributed by atoms with Gasteiger partial charge in [0.1, 0.15) is 5.75 Å². The fourth-order valence-electron chi connectivity index (χ4n) is 2.30. The van der Waals surface area contributed by atoms with Crippen molar-refractivity contribution < 1.29 is 17.9 Å². The summed E-state index contributed by atoms with van der Waals surface area (Å²) in [6, 6.07) is 11.8. The molecular weight excluding hydrogens is 388 g/mol. The van der Waals surface area contributed by atoms with Gasteiger partial charge < -0.3 is 15.4 Å². The van der Waals surface area contributed by atoms with Crippen LogP contribution in [0, 0.1) is 0 Å². The molecule has 0 aliphatic rings. The maximum absolute atomic E-state index is 12.2. The number of anilines is 3. The lowest BCUT2D eigenvalue weighted by Crippen LogP contribution is -2.19. The summed E-state index contributed by atoms with van der Waals surface area (Å²) in [5, 5.41) is 5.75. The molecule has 0 aliphatic carbocycles. The summed E-state index contributed by atoms with van der Waals surface area (Å²) < 4.78 is 31.1. The molecule has 0 unspecified atom stereocenters. The quantitative estimate of drug-likeness (QED) is 0.578. The Morgan fingerprint density at radius 1 is 1.11 bits per heavy atom. The minimum Gasteiger partial charge on any atom is -0.494 e. The first-order valence-corrected chi connectivity index (χ1v) is 10.7. The third-order valence-electron chi connectivity index (χ3n) is 3.34. The van der Waals surface area contributed by atoms with Crippen LogP contribution in [0.1, 0.15) is 6.92 Å². The van der Waals surface area contributed by atoms with Gasteiger partial charge in [-0.1, -0.05) is 11.3 Å². The van der Waals surface area contributed by atoms with Crippen LogP contribution in [-0.2, 0) is 10.0 Å². The lowest BCUT2D eigenvalue weighted by molar-refractivity contribution is 0.262. The number of ether oxygens (including phenoxy) is 1. The molecule has 0 saturated carbocycles. The average molecular weight is 406 g/mol. The zero-order valence-corrected chi connectivity index (χ0v) is 16.3. The second kappa shape index (κ2) is 7.80. The summed E-state index contributed by atoms with van der Waals surface area (Å²) >= 11 is 1.19. The van der Waals surface area contributed by atoms with Gasteiger partial charge in [0.25, 0.3) is 0 Å². The molecule has 8 nitrogen and oxygen atoms in total.